The van der Waals surface area contributed by atoms with Crippen LogP contribution < -0.4 is 18.9 Å². The van der Waals surface area contributed by atoms with Crippen molar-refractivity contribution in [2.45, 2.75) is 39.5 Å². The van der Waals surface area contributed by atoms with Crippen LogP contribution in [0.5, 0.6) is 28.7 Å². The van der Waals surface area contributed by atoms with Gasteiger partial charge in [-0.2, -0.15) is 0 Å². The molecule has 0 heterocycles. The molecule has 0 spiro atoms. The first-order chi connectivity index (χ1) is 15.4. The van der Waals surface area contributed by atoms with Gasteiger partial charge in [0.2, 0.25) is 0 Å². The van der Waals surface area contributed by atoms with E-state index in [2.05, 4.69) is 13.8 Å². The molecule has 0 fully saturated rings. The molecule has 0 atom stereocenters. The van der Waals surface area contributed by atoms with Crippen molar-refractivity contribution in [2.75, 3.05) is 35.2 Å². The van der Waals surface area contributed by atoms with Crippen LogP contribution in [0.2, 0.25) is 0 Å². The van der Waals surface area contributed by atoms with Crippen LogP contribution >= 0.6 is 0 Å². The molecule has 0 aromatic heterocycles. The standard InChI is InChI=1S/C25H34O7/c1-16(2)7-10-18-21(29-4)14-23(31-6)24(25(18)27)19(26)11-8-17-9-12-20(32-15-28-3)22(13-17)30-5/h9,12-14,16,27H,7-8,10-11,15H2,1-6H3. The number of ketones is 1. The van der Waals surface area contributed by atoms with Crippen LogP contribution in [0.3, 0.4) is 0 Å². The normalized spacial score (nSPS) is 10.8. The predicted octanol–water partition coefficient (Wildman–Crippen LogP) is 4.80. The Bertz CT molecular complexity index is 906. The van der Waals surface area contributed by atoms with Gasteiger partial charge in [0.05, 0.1) is 21.3 Å². The number of hydrogen-bond acceptors (Lipinski definition) is 7. The topological polar surface area (TPSA) is 83.5 Å². The van der Waals surface area contributed by atoms with E-state index in [1.54, 1.807) is 33.5 Å². The number of Topliss-reactive ketones (excluding diaryl/α,β-unsaturated/α-hetero) is 1. The quantitative estimate of drug-likeness (QED) is 0.349. The lowest BCUT2D eigenvalue weighted by Gasteiger charge is -2.18. The average molecular weight is 447 g/mol. The third-order valence-corrected chi connectivity index (χ3v) is 5.22. The van der Waals surface area contributed by atoms with Crippen molar-refractivity contribution >= 4 is 5.78 Å². The lowest BCUT2D eigenvalue weighted by molar-refractivity contribution is 0.0491. The number of aromatic hydroxyl groups is 1. The zero-order chi connectivity index (χ0) is 23.7. The lowest BCUT2D eigenvalue weighted by Crippen LogP contribution is -2.08. The summed E-state index contributed by atoms with van der Waals surface area (Å²) in [5, 5.41) is 11.0. The number of benzene rings is 2. The van der Waals surface area contributed by atoms with E-state index < -0.39 is 0 Å². The van der Waals surface area contributed by atoms with Gasteiger partial charge >= 0.3 is 0 Å². The highest BCUT2D eigenvalue weighted by Crippen LogP contribution is 2.40. The van der Waals surface area contributed by atoms with Crippen LogP contribution in [0.15, 0.2) is 24.3 Å². The Morgan fingerprint density at radius 2 is 1.59 bits per heavy atom. The van der Waals surface area contributed by atoms with E-state index in [0.29, 0.717) is 47.3 Å². The number of rotatable bonds is 13. The molecule has 7 heteroatoms. The second kappa shape index (κ2) is 12.2. The van der Waals surface area contributed by atoms with Crippen LogP contribution in [0.25, 0.3) is 0 Å². The summed E-state index contributed by atoms with van der Waals surface area (Å²) in [6, 6.07) is 7.16. The molecule has 1 N–H and O–H groups in total. The predicted molar refractivity (Wildman–Crippen MR) is 123 cm³/mol. The van der Waals surface area contributed by atoms with Gasteiger partial charge in [-0.3, -0.25) is 4.79 Å². The first-order valence-corrected chi connectivity index (χ1v) is 10.6. The number of aryl methyl sites for hydroxylation is 1. The average Bonchev–Trinajstić information content (AvgIpc) is 2.79. The molecule has 176 valence electrons. The van der Waals surface area contributed by atoms with Crippen LogP contribution in [-0.2, 0) is 17.6 Å². The first-order valence-electron chi connectivity index (χ1n) is 10.6. The van der Waals surface area contributed by atoms with E-state index >= 15 is 0 Å². The molecule has 0 aliphatic heterocycles. The maximum atomic E-state index is 13.1. The Balaban J connectivity index is 2.26. The van der Waals surface area contributed by atoms with Crippen molar-refractivity contribution in [1.82, 2.24) is 0 Å². The number of phenols is 1. The van der Waals surface area contributed by atoms with Gasteiger partial charge in [-0.25, -0.2) is 0 Å². The molecule has 2 rings (SSSR count). The molecular formula is C25H34O7. The minimum Gasteiger partial charge on any atom is -0.507 e. The van der Waals surface area contributed by atoms with Crippen LogP contribution in [-0.4, -0.2) is 46.1 Å². The number of methoxy groups -OCH3 is 4. The summed E-state index contributed by atoms with van der Waals surface area (Å²) >= 11 is 0. The van der Waals surface area contributed by atoms with Gasteiger partial charge in [0, 0.05) is 25.2 Å². The van der Waals surface area contributed by atoms with Crippen LogP contribution in [0.1, 0.15) is 48.2 Å². The molecule has 2 aromatic carbocycles. The minimum absolute atomic E-state index is 0.0623. The Morgan fingerprint density at radius 3 is 2.19 bits per heavy atom. The molecule has 0 saturated carbocycles. The highest BCUT2D eigenvalue weighted by molar-refractivity contribution is 6.02. The van der Waals surface area contributed by atoms with E-state index in [0.717, 1.165) is 12.0 Å². The SMILES string of the molecule is COCOc1ccc(CCC(=O)c2c(OC)cc(OC)c(CCC(C)C)c2O)cc1OC. The lowest BCUT2D eigenvalue weighted by atomic mass is 9.94. The smallest absolute Gasteiger partial charge is 0.188 e. The molecule has 0 radical (unpaired) electrons. The largest absolute Gasteiger partial charge is 0.507 e. The molecule has 2 aromatic rings. The van der Waals surface area contributed by atoms with Crippen molar-refractivity contribution < 1.29 is 33.6 Å². The Hall–Kier alpha value is -2.93. The zero-order valence-corrected chi connectivity index (χ0v) is 19.8. The highest BCUT2D eigenvalue weighted by atomic mass is 16.7. The van der Waals surface area contributed by atoms with E-state index in [1.807, 2.05) is 12.1 Å². The van der Waals surface area contributed by atoms with Crippen LogP contribution in [0.4, 0.5) is 0 Å². The number of ether oxygens (including phenoxy) is 5. The van der Waals surface area contributed by atoms with E-state index in [9.17, 15) is 9.90 Å². The second-order valence-corrected chi connectivity index (χ2v) is 7.88. The summed E-state index contributed by atoms with van der Waals surface area (Å²) in [4.78, 5) is 13.1. The number of hydrogen-bond donors (Lipinski definition) is 1. The van der Waals surface area contributed by atoms with Crippen molar-refractivity contribution in [3.8, 4) is 28.7 Å². The van der Waals surface area contributed by atoms with Crippen molar-refractivity contribution in [1.29, 1.82) is 0 Å². The minimum atomic E-state index is -0.202. The van der Waals surface area contributed by atoms with Gasteiger partial charge in [-0.15, -0.1) is 0 Å². The van der Waals surface area contributed by atoms with E-state index in [-0.39, 0.29) is 30.3 Å². The molecule has 0 unspecified atom stereocenters. The molecule has 0 amide bonds. The first kappa shape index (κ1) is 25.3. The molecule has 32 heavy (non-hydrogen) atoms. The highest BCUT2D eigenvalue weighted by Gasteiger charge is 2.24. The summed E-state index contributed by atoms with van der Waals surface area (Å²) in [6.45, 7) is 4.34. The Labute approximate surface area is 190 Å². The summed E-state index contributed by atoms with van der Waals surface area (Å²) < 4.78 is 26.6. The van der Waals surface area contributed by atoms with E-state index in [1.165, 1.54) is 7.11 Å². The summed E-state index contributed by atoms with van der Waals surface area (Å²) in [6.07, 6.45) is 2.13. The fourth-order valence-electron chi connectivity index (χ4n) is 3.44. The molecule has 0 aliphatic rings. The summed E-state index contributed by atoms with van der Waals surface area (Å²) in [5.41, 5.74) is 1.73. The molecule has 0 bridgehead atoms. The molecule has 7 nitrogen and oxygen atoms in total. The van der Waals surface area contributed by atoms with E-state index in [4.69, 9.17) is 23.7 Å². The van der Waals surface area contributed by atoms with Gasteiger partial charge in [0.25, 0.3) is 0 Å². The maximum absolute atomic E-state index is 13.1. The third kappa shape index (κ3) is 6.29. The fourth-order valence-corrected chi connectivity index (χ4v) is 3.44. The number of carbonyl (C=O) groups is 1. The van der Waals surface area contributed by atoms with Crippen molar-refractivity contribution in [3.05, 3.63) is 41.0 Å². The van der Waals surface area contributed by atoms with Gasteiger partial charge < -0.3 is 28.8 Å². The summed E-state index contributed by atoms with van der Waals surface area (Å²) in [7, 11) is 6.12. The maximum Gasteiger partial charge on any atom is 0.188 e. The van der Waals surface area contributed by atoms with Gasteiger partial charge in [0.15, 0.2) is 24.1 Å². The van der Waals surface area contributed by atoms with Crippen LogP contribution in [0, 0.1) is 5.92 Å². The molecule has 0 aliphatic carbocycles. The number of phenolic OH excluding ortho intramolecular Hbond substituents is 1. The third-order valence-electron chi connectivity index (χ3n) is 5.22. The van der Waals surface area contributed by atoms with Crippen molar-refractivity contribution in [2.24, 2.45) is 5.92 Å². The summed E-state index contributed by atoms with van der Waals surface area (Å²) in [5.74, 6) is 2.14. The monoisotopic (exact) mass is 446 g/mol. The van der Waals surface area contributed by atoms with Gasteiger partial charge in [0.1, 0.15) is 22.8 Å². The number of carbonyl (C=O) groups excluding carboxylic acids is 1. The molecule has 0 saturated heterocycles. The fraction of sp³-hybridized carbons (Fsp3) is 0.480. The zero-order valence-electron chi connectivity index (χ0n) is 19.8. The Kier molecular flexibility index (Phi) is 9.65. The Morgan fingerprint density at radius 1 is 0.906 bits per heavy atom. The van der Waals surface area contributed by atoms with Gasteiger partial charge in [-0.1, -0.05) is 19.9 Å². The van der Waals surface area contributed by atoms with Crippen molar-refractivity contribution in [3.63, 3.8) is 0 Å². The van der Waals surface area contributed by atoms with Gasteiger partial charge in [-0.05, 0) is 42.9 Å². The second-order valence-electron chi connectivity index (χ2n) is 7.88. The molecular weight excluding hydrogens is 412 g/mol.